The van der Waals surface area contributed by atoms with Gasteiger partial charge in [0, 0.05) is 6.54 Å². The van der Waals surface area contributed by atoms with Crippen molar-refractivity contribution >= 4 is 17.7 Å². The zero-order valence-corrected chi connectivity index (χ0v) is 10.3. The highest BCUT2D eigenvalue weighted by Gasteiger charge is 2.18. The lowest BCUT2D eigenvalue weighted by molar-refractivity contribution is 0.0697. The lowest BCUT2D eigenvalue weighted by Crippen LogP contribution is -2.35. The molecule has 0 saturated heterocycles. The standard InChI is InChI=1S/C13H13FN2O3/c1-3-8-16(4-2)13(19)15-11-9(12(17)18)6-5-7-10(11)14/h1,5-7H,4,8H2,2H3,(H,15,19)(H,17,18). The number of carbonyl (C=O) groups excluding carboxylic acids is 1. The molecule has 0 atom stereocenters. The van der Waals surface area contributed by atoms with Crippen molar-refractivity contribution in [2.45, 2.75) is 6.92 Å². The van der Waals surface area contributed by atoms with Crippen LogP contribution < -0.4 is 5.32 Å². The molecule has 1 aromatic carbocycles. The summed E-state index contributed by atoms with van der Waals surface area (Å²) >= 11 is 0. The fourth-order valence-corrected chi connectivity index (χ4v) is 1.45. The topological polar surface area (TPSA) is 69.6 Å². The van der Waals surface area contributed by atoms with Crippen LogP contribution in [0, 0.1) is 18.2 Å². The minimum atomic E-state index is -1.32. The Balaban J connectivity index is 3.02. The zero-order valence-electron chi connectivity index (χ0n) is 10.3. The van der Waals surface area contributed by atoms with Crippen molar-refractivity contribution in [3.8, 4) is 12.3 Å². The number of hydrogen-bond donors (Lipinski definition) is 2. The van der Waals surface area contributed by atoms with Gasteiger partial charge in [0.15, 0.2) is 0 Å². The number of halogens is 1. The van der Waals surface area contributed by atoms with Crippen LogP contribution in [0.1, 0.15) is 17.3 Å². The molecule has 0 fully saturated rings. The molecule has 0 aliphatic heterocycles. The second kappa shape index (κ2) is 6.40. The SMILES string of the molecule is C#CCN(CC)C(=O)Nc1c(F)cccc1C(=O)O. The van der Waals surface area contributed by atoms with E-state index in [-0.39, 0.29) is 17.8 Å². The maximum absolute atomic E-state index is 13.6. The summed E-state index contributed by atoms with van der Waals surface area (Å²) in [5.74, 6) is 0.153. The number of amides is 2. The molecular formula is C13H13FN2O3. The average molecular weight is 264 g/mol. The zero-order chi connectivity index (χ0) is 14.4. The van der Waals surface area contributed by atoms with Crippen LogP contribution in [0.25, 0.3) is 0 Å². The quantitative estimate of drug-likeness (QED) is 0.817. The molecule has 0 aliphatic carbocycles. The Kier molecular flexibility index (Phi) is 4.89. The minimum absolute atomic E-state index is 0.0548. The summed E-state index contributed by atoms with van der Waals surface area (Å²) in [6, 6.07) is 2.89. The number of rotatable bonds is 4. The molecule has 0 aliphatic rings. The van der Waals surface area contributed by atoms with Crippen molar-refractivity contribution in [1.29, 1.82) is 0 Å². The molecule has 100 valence electrons. The molecule has 1 aromatic rings. The molecule has 19 heavy (non-hydrogen) atoms. The maximum atomic E-state index is 13.6. The first-order valence-corrected chi connectivity index (χ1v) is 5.52. The van der Waals surface area contributed by atoms with Gasteiger partial charge in [0.1, 0.15) is 5.82 Å². The van der Waals surface area contributed by atoms with Gasteiger partial charge in [-0.15, -0.1) is 6.42 Å². The van der Waals surface area contributed by atoms with Crippen LogP contribution in [0.15, 0.2) is 18.2 Å². The van der Waals surface area contributed by atoms with Crippen molar-refractivity contribution in [2.24, 2.45) is 0 Å². The number of carboxylic acids is 1. The first-order chi connectivity index (χ1) is 9.01. The van der Waals surface area contributed by atoms with Crippen molar-refractivity contribution in [3.63, 3.8) is 0 Å². The summed E-state index contributed by atoms with van der Waals surface area (Å²) in [5, 5.41) is 11.2. The van der Waals surface area contributed by atoms with Crippen molar-refractivity contribution < 1.29 is 19.1 Å². The predicted molar refractivity (Wildman–Crippen MR) is 68.5 cm³/mol. The van der Waals surface area contributed by atoms with Crippen LogP contribution in [0.4, 0.5) is 14.9 Å². The lowest BCUT2D eigenvalue weighted by Gasteiger charge is -2.19. The third-order valence-electron chi connectivity index (χ3n) is 2.43. The monoisotopic (exact) mass is 264 g/mol. The first-order valence-electron chi connectivity index (χ1n) is 5.52. The van der Waals surface area contributed by atoms with Crippen LogP contribution in [-0.4, -0.2) is 35.1 Å². The third kappa shape index (κ3) is 3.45. The predicted octanol–water partition coefficient (Wildman–Crippen LogP) is 2.01. The number of aromatic carboxylic acids is 1. The summed E-state index contributed by atoms with van der Waals surface area (Å²) in [7, 11) is 0. The number of nitrogens with zero attached hydrogens (tertiary/aromatic N) is 1. The fraction of sp³-hybridized carbons (Fsp3) is 0.231. The number of hydrogen-bond acceptors (Lipinski definition) is 2. The highest BCUT2D eigenvalue weighted by atomic mass is 19.1. The van der Waals surface area contributed by atoms with Crippen molar-refractivity contribution in [3.05, 3.63) is 29.6 Å². The molecule has 1 rings (SSSR count). The van der Waals surface area contributed by atoms with E-state index in [4.69, 9.17) is 11.5 Å². The van der Waals surface area contributed by atoms with Gasteiger partial charge >= 0.3 is 12.0 Å². The van der Waals surface area contributed by atoms with Gasteiger partial charge in [0.25, 0.3) is 0 Å². The summed E-state index contributed by atoms with van der Waals surface area (Å²) in [4.78, 5) is 24.0. The van der Waals surface area contributed by atoms with E-state index in [0.29, 0.717) is 6.54 Å². The normalized spacial score (nSPS) is 9.53. The number of benzene rings is 1. The molecular weight excluding hydrogens is 251 g/mol. The van der Waals surface area contributed by atoms with Crippen LogP contribution in [-0.2, 0) is 0 Å². The summed E-state index contributed by atoms with van der Waals surface area (Å²) < 4.78 is 13.6. The Morgan fingerprint density at radius 3 is 2.74 bits per heavy atom. The lowest BCUT2D eigenvalue weighted by atomic mass is 10.1. The van der Waals surface area contributed by atoms with Crippen molar-refractivity contribution in [1.82, 2.24) is 4.90 Å². The van der Waals surface area contributed by atoms with Gasteiger partial charge in [-0.1, -0.05) is 12.0 Å². The number of terminal acetylenes is 1. The highest BCUT2D eigenvalue weighted by Crippen LogP contribution is 2.20. The Morgan fingerprint density at radius 2 is 2.21 bits per heavy atom. The highest BCUT2D eigenvalue weighted by molar-refractivity contribution is 6.00. The number of nitrogens with one attached hydrogen (secondary N) is 1. The van der Waals surface area contributed by atoms with Crippen LogP contribution in [0.2, 0.25) is 0 Å². The number of anilines is 1. The molecule has 2 amide bonds. The number of para-hydroxylation sites is 1. The van der Waals surface area contributed by atoms with Gasteiger partial charge in [-0.3, -0.25) is 0 Å². The molecule has 6 heteroatoms. The molecule has 0 saturated carbocycles. The molecule has 0 aromatic heterocycles. The number of carboxylic acid groups (broad SMARTS) is 1. The first kappa shape index (κ1) is 14.5. The second-order valence-electron chi connectivity index (χ2n) is 3.62. The number of carbonyl (C=O) groups is 2. The van der Waals surface area contributed by atoms with Crippen LogP contribution >= 0.6 is 0 Å². The van der Waals surface area contributed by atoms with Gasteiger partial charge in [0.05, 0.1) is 17.8 Å². The van der Waals surface area contributed by atoms with Gasteiger partial charge in [0.2, 0.25) is 0 Å². The van der Waals surface area contributed by atoms with E-state index in [0.717, 1.165) is 6.07 Å². The van der Waals surface area contributed by atoms with E-state index in [2.05, 4.69) is 11.2 Å². The second-order valence-corrected chi connectivity index (χ2v) is 3.62. The van der Waals surface area contributed by atoms with Gasteiger partial charge in [-0.05, 0) is 19.1 Å². The molecule has 0 unspecified atom stereocenters. The number of urea groups is 1. The minimum Gasteiger partial charge on any atom is -0.478 e. The fourth-order valence-electron chi connectivity index (χ4n) is 1.45. The van der Waals surface area contributed by atoms with E-state index in [1.807, 2.05) is 0 Å². The molecule has 0 bridgehead atoms. The largest absolute Gasteiger partial charge is 0.478 e. The Hall–Kier alpha value is -2.55. The molecule has 2 N–H and O–H groups in total. The Labute approximate surface area is 110 Å². The molecule has 0 spiro atoms. The van der Waals surface area contributed by atoms with Crippen LogP contribution in [0.3, 0.4) is 0 Å². The van der Waals surface area contributed by atoms with Crippen molar-refractivity contribution in [2.75, 3.05) is 18.4 Å². The summed E-state index contributed by atoms with van der Waals surface area (Å²) in [6.07, 6.45) is 5.10. The van der Waals surface area contributed by atoms with E-state index >= 15 is 0 Å². The molecule has 0 heterocycles. The summed E-state index contributed by atoms with van der Waals surface area (Å²) in [5.41, 5.74) is -0.680. The molecule has 5 nitrogen and oxygen atoms in total. The smallest absolute Gasteiger partial charge is 0.337 e. The van der Waals surface area contributed by atoms with Crippen LogP contribution in [0.5, 0.6) is 0 Å². The van der Waals surface area contributed by atoms with E-state index < -0.39 is 17.8 Å². The Bertz CT molecular complexity index is 537. The van der Waals surface area contributed by atoms with E-state index in [1.165, 1.54) is 17.0 Å². The Morgan fingerprint density at radius 1 is 1.53 bits per heavy atom. The third-order valence-corrected chi connectivity index (χ3v) is 2.43. The maximum Gasteiger partial charge on any atom is 0.337 e. The average Bonchev–Trinajstić information content (AvgIpc) is 2.37. The van der Waals surface area contributed by atoms with Gasteiger partial charge in [-0.25, -0.2) is 14.0 Å². The van der Waals surface area contributed by atoms with E-state index in [1.54, 1.807) is 6.92 Å². The van der Waals surface area contributed by atoms with Gasteiger partial charge < -0.3 is 15.3 Å². The summed E-state index contributed by atoms with van der Waals surface area (Å²) in [6.45, 7) is 2.09. The van der Waals surface area contributed by atoms with Gasteiger partial charge in [-0.2, -0.15) is 0 Å². The van der Waals surface area contributed by atoms with E-state index in [9.17, 15) is 14.0 Å². The molecule has 0 radical (unpaired) electrons.